The molecule has 4 aromatic rings. The van der Waals surface area contributed by atoms with Gasteiger partial charge >= 0.3 is 0 Å². The van der Waals surface area contributed by atoms with Crippen LogP contribution in [-0.4, -0.2) is 54.7 Å². The van der Waals surface area contributed by atoms with Crippen molar-refractivity contribution in [2.75, 3.05) is 26.3 Å². The van der Waals surface area contributed by atoms with E-state index in [0.29, 0.717) is 37.7 Å². The van der Waals surface area contributed by atoms with Gasteiger partial charge in [-0.1, -0.05) is 30.3 Å². The third kappa shape index (κ3) is 4.37. The molecule has 2 aromatic heterocycles. The van der Waals surface area contributed by atoms with E-state index in [1.165, 1.54) is 15.6 Å². The summed E-state index contributed by atoms with van der Waals surface area (Å²) >= 11 is 1.40. The maximum absolute atomic E-state index is 12.8. The number of morpholine rings is 1. The van der Waals surface area contributed by atoms with Gasteiger partial charge in [0, 0.05) is 25.0 Å². The summed E-state index contributed by atoms with van der Waals surface area (Å²) < 4.78 is 34.1. The second kappa shape index (κ2) is 9.30. The lowest BCUT2D eigenvalue weighted by molar-refractivity contribution is 0.0730. The summed E-state index contributed by atoms with van der Waals surface area (Å²) in [4.78, 5) is 14.6. The molecular weight excluding hydrogens is 472 g/mol. The van der Waals surface area contributed by atoms with Crippen LogP contribution in [0, 0.1) is 6.92 Å². The van der Waals surface area contributed by atoms with Crippen LogP contribution in [0.15, 0.2) is 65.6 Å². The molecule has 0 radical (unpaired) electrons. The molecule has 3 heterocycles. The lowest BCUT2D eigenvalue weighted by Crippen LogP contribution is -2.40. The molecule has 0 unspecified atom stereocenters. The van der Waals surface area contributed by atoms with Crippen molar-refractivity contribution in [1.82, 2.24) is 19.4 Å². The number of hydrogen-bond donors (Lipinski definition) is 1. The van der Waals surface area contributed by atoms with Crippen LogP contribution in [0.5, 0.6) is 0 Å². The van der Waals surface area contributed by atoms with Gasteiger partial charge in [0.15, 0.2) is 0 Å². The van der Waals surface area contributed by atoms with E-state index in [2.05, 4.69) is 10.4 Å². The molecule has 1 saturated heterocycles. The second-order valence-electron chi connectivity index (χ2n) is 8.01. The molecule has 0 saturated carbocycles. The van der Waals surface area contributed by atoms with Crippen LogP contribution in [0.2, 0.25) is 0 Å². The van der Waals surface area contributed by atoms with Crippen molar-refractivity contribution in [2.45, 2.75) is 18.4 Å². The van der Waals surface area contributed by atoms with E-state index in [9.17, 15) is 13.2 Å². The molecule has 2 aromatic carbocycles. The Labute approximate surface area is 201 Å². The van der Waals surface area contributed by atoms with Crippen molar-refractivity contribution in [3.05, 3.63) is 76.8 Å². The van der Waals surface area contributed by atoms with E-state index in [1.807, 2.05) is 48.0 Å². The van der Waals surface area contributed by atoms with Crippen molar-refractivity contribution in [1.29, 1.82) is 0 Å². The smallest absolute Gasteiger partial charge is 0.261 e. The van der Waals surface area contributed by atoms with Gasteiger partial charge in [0.1, 0.15) is 4.83 Å². The molecular formula is C24H24N4O4S2. The first-order valence-electron chi connectivity index (χ1n) is 10.9. The zero-order valence-corrected chi connectivity index (χ0v) is 20.2. The molecule has 5 rings (SSSR count). The number of para-hydroxylation sites is 1. The number of nitrogens with zero attached hydrogens (tertiary/aromatic N) is 3. The van der Waals surface area contributed by atoms with Gasteiger partial charge in [0.2, 0.25) is 10.0 Å². The predicted octanol–water partition coefficient (Wildman–Crippen LogP) is 3.35. The van der Waals surface area contributed by atoms with Crippen LogP contribution < -0.4 is 5.32 Å². The van der Waals surface area contributed by atoms with Crippen LogP contribution in [0.3, 0.4) is 0 Å². The summed E-state index contributed by atoms with van der Waals surface area (Å²) in [5.41, 5.74) is 2.63. The summed E-state index contributed by atoms with van der Waals surface area (Å²) in [5, 5.41) is 8.50. The molecule has 1 aliphatic rings. The van der Waals surface area contributed by atoms with E-state index < -0.39 is 10.0 Å². The maximum Gasteiger partial charge on any atom is 0.261 e. The second-order valence-corrected chi connectivity index (χ2v) is 11.0. The number of aryl methyl sites for hydroxylation is 1. The monoisotopic (exact) mass is 496 g/mol. The van der Waals surface area contributed by atoms with Gasteiger partial charge in [-0.2, -0.15) is 9.40 Å². The molecule has 1 N–H and O–H groups in total. The third-order valence-electron chi connectivity index (χ3n) is 5.75. The summed E-state index contributed by atoms with van der Waals surface area (Å²) in [5.74, 6) is -0.176. The number of amides is 1. The molecule has 34 heavy (non-hydrogen) atoms. The number of benzene rings is 2. The van der Waals surface area contributed by atoms with Gasteiger partial charge in [0.05, 0.1) is 34.4 Å². The molecule has 0 spiro atoms. The SMILES string of the molecule is Cc1nn(-c2ccccc2)c2sc(C(=O)NCc3ccc(S(=O)(=O)N4CCOCC4)cc3)cc12. The minimum absolute atomic E-state index is 0.176. The number of aromatic nitrogens is 2. The lowest BCUT2D eigenvalue weighted by atomic mass is 10.2. The summed E-state index contributed by atoms with van der Waals surface area (Å²) in [6, 6.07) is 18.3. The average molecular weight is 497 g/mol. The fourth-order valence-electron chi connectivity index (χ4n) is 3.89. The first-order chi connectivity index (χ1) is 16.4. The molecule has 8 nitrogen and oxygen atoms in total. The first-order valence-corrected chi connectivity index (χ1v) is 13.2. The summed E-state index contributed by atoms with van der Waals surface area (Å²) in [7, 11) is -3.53. The number of ether oxygens (including phenoxy) is 1. The van der Waals surface area contributed by atoms with Crippen molar-refractivity contribution < 1.29 is 17.9 Å². The Bertz CT molecular complexity index is 1420. The Hall–Kier alpha value is -3.05. The number of sulfonamides is 1. The van der Waals surface area contributed by atoms with Crippen molar-refractivity contribution >= 4 is 37.5 Å². The van der Waals surface area contributed by atoms with Crippen molar-refractivity contribution in [2.24, 2.45) is 0 Å². The third-order valence-corrected chi connectivity index (χ3v) is 8.78. The standard InChI is InChI=1S/C24H24N4O4S2/c1-17-21-15-22(33-24(21)28(26-17)19-5-3-2-4-6-19)23(29)25-16-18-7-9-20(10-8-18)34(30,31)27-11-13-32-14-12-27/h2-10,15H,11-14,16H2,1H3,(H,25,29). The van der Waals surface area contributed by atoms with Gasteiger partial charge in [-0.05, 0) is 42.8 Å². The largest absolute Gasteiger partial charge is 0.379 e. The molecule has 0 aliphatic carbocycles. The number of thiophene rings is 1. The maximum atomic E-state index is 12.8. The van der Waals surface area contributed by atoms with Gasteiger partial charge < -0.3 is 10.1 Å². The number of carbonyl (C=O) groups is 1. The lowest BCUT2D eigenvalue weighted by Gasteiger charge is -2.26. The molecule has 1 fully saturated rings. The Balaban J connectivity index is 1.28. The summed E-state index contributed by atoms with van der Waals surface area (Å²) in [6.45, 7) is 3.76. The molecule has 1 amide bonds. The van der Waals surface area contributed by atoms with Crippen molar-refractivity contribution in [3.8, 4) is 5.69 Å². The van der Waals surface area contributed by atoms with E-state index in [0.717, 1.165) is 27.2 Å². The molecule has 1 aliphatic heterocycles. The van der Waals surface area contributed by atoms with Gasteiger partial charge in [-0.15, -0.1) is 11.3 Å². The quantitative estimate of drug-likeness (QED) is 0.442. The van der Waals surface area contributed by atoms with Gasteiger partial charge in [0.25, 0.3) is 5.91 Å². The molecule has 10 heteroatoms. The average Bonchev–Trinajstić information content (AvgIpc) is 3.44. The van der Waals surface area contributed by atoms with Crippen LogP contribution in [0.1, 0.15) is 20.9 Å². The number of hydrogen-bond acceptors (Lipinski definition) is 6. The number of carbonyl (C=O) groups excluding carboxylic acids is 1. The molecule has 0 atom stereocenters. The van der Waals surface area contributed by atoms with Crippen molar-refractivity contribution in [3.63, 3.8) is 0 Å². The highest BCUT2D eigenvalue weighted by Gasteiger charge is 2.26. The Morgan fingerprint density at radius 3 is 2.50 bits per heavy atom. The van der Waals surface area contributed by atoms with Gasteiger partial charge in [-0.3, -0.25) is 4.79 Å². The highest BCUT2D eigenvalue weighted by atomic mass is 32.2. The first kappa shape index (κ1) is 22.7. The van der Waals surface area contributed by atoms with Crippen LogP contribution in [0.25, 0.3) is 15.9 Å². The highest BCUT2D eigenvalue weighted by Crippen LogP contribution is 2.30. The Morgan fingerprint density at radius 2 is 1.79 bits per heavy atom. The minimum atomic E-state index is -3.53. The Morgan fingerprint density at radius 1 is 1.09 bits per heavy atom. The van der Waals surface area contributed by atoms with Crippen LogP contribution in [-0.2, 0) is 21.3 Å². The number of rotatable bonds is 6. The van der Waals surface area contributed by atoms with Crippen LogP contribution in [0.4, 0.5) is 0 Å². The van der Waals surface area contributed by atoms with E-state index >= 15 is 0 Å². The Kier molecular flexibility index (Phi) is 6.22. The highest BCUT2D eigenvalue weighted by molar-refractivity contribution is 7.89. The summed E-state index contributed by atoms with van der Waals surface area (Å²) in [6.07, 6.45) is 0. The normalized spacial score (nSPS) is 15.0. The van der Waals surface area contributed by atoms with E-state index in [4.69, 9.17) is 4.74 Å². The van der Waals surface area contributed by atoms with Gasteiger partial charge in [-0.25, -0.2) is 13.1 Å². The van der Waals surface area contributed by atoms with E-state index in [1.54, 1.807) is 24.3 Å². The molecule has 176 valence electrons. The fraction of sp³-hybridized carbons (Fsp3) is 0.250. The minimum Gasteiger partial charge on any atom is -0.379 e. The fourth-order valence-corrected chi connectivity index (χ4v) is 6.40. The topological polar surface area (TPSA) is 93.5 Å². The number of nitrogens with one attached hydrogen (secondary N) is 1. The predicted molar refractivity (Wildman–Crippen MR) is 131 cm³/mol. The molecule has 0 bridgehead atoms. The zero-order valence-electron chi connectivity index (χ0n) is 18.6. The zero-order chi connectivity index (χ0) is 23.7. The van der Waals surface area contributed by atoms with Crippen LogP contribution >= 0.6 is 11.3 Å². The van der Waals surface area contributed by atoms with E-state index in [-0.39, 0.29) is 10.8 Å². The number of fused-ring (bicyclic) bond motifs is 1.